The highest BCUT2D eigenvalue weighted by Crippen LogP contribution is 2.53. The van der Waals surface area contributed by atoms with Crippen LogP contribution in [0.2, 0.25) is 0 Å². The number of aromatic hydroxyl groups is 2. The van der Waals surface area contributed by atoms with Crippen LogP contribution in [-0.2, 0) is 12.8 Å². The number of fused-ring (bicyclic) bond motifs is 4. The van der Waals surface area contributed by atoms with E-state index in [1.165, 1.54) is 0 Å². The van der Waals surface area contributed by atoms with Gasteiger partial charge in [0.2, 0.25) is 0 Å². The molecule has 10 heteroatoms. The molecule has 0 spiro atoms. The molecular formula is C51H60N2O8. The molecular weight excluding hydrogens is 769 g/mol. The molecule has 10 nitrogen and oxygen atoms in total. The molecule has 0 aliphatic carbocycles. The van der Waals surface area contributed by atoms with Crippen molar-refractivity contribution in [1.82, 2.24) is 10.2 Å². The Morgan fingerprint density at radius 3 is 1.89 bits per heavy atom. The maximum atomic E-state index is 11.6. The highest BCUT2D eigenvalue weighted by atomic mass is 16.5. The lowest BCUT2D eigenvalue weighted by Crippen LogP contribution is -2.38. The van der Waals surface area contributed by atoms with Crippen LogP contribution in [0.4, 0.5) is 0 Å². The first-order valence-corrected chi connectivity index (χ1v) is 20.9. The van der Waals surface area contributed by atoms with Crippen molar-refractivity contribution in [2.24, 2.45) is 0 Å². The first-order chi connectivity index (χ1) is 29.2. The highest BCUT2D eigenvalue weighted by Gasteiger charge is 2.34. The molecule has 6 aromatic rings. The predicted octanol–water partition coefficient (Wildman–Crippen LogP) is 10.6. The fourth-order valence-corrected chi connectivity index (χ4v) is 9.83. The van der Waals surface area contributed by atoms with Crippen LogP contribution in [0.25, 0.3) is 43.8 Å². The summed E-state index contributed by atoms with van der Waals surface area (Å²) >= 11 is 0. The van der Waals surface area contributed by atoms with Crippen LogP contribution in [0.1, 0.15) is 73.2 Å². The van der Waals surface area contributed by atoms with E-state index in [-0.39, 0.29) is 23.6 Å². The number of nitrogens with zero attached hydrogens (tertiary/aromatic N) is 1. The largest absolute Gasteiger partial charge is 0.507 e. The second-order valence-corrected chi connectivity index (χ2v) is 16.5. The number of methoxy groups -OCH3 is 6. The lowest BCUT2D eigenvalue weighted by atomic mass is 9.84. The Hall–Kier alpha value is -5.84. The molecule has 4 atom stereocenters. The van der Waals surface area contributed by atoms with E-state index in [0.717, 1.165) is 107 Å². The molecule has 0 fully saturated rings. The van der Waals surface area contributed by atoms with Crippen molar-refractivity contribution < 1.29 is 38.6 Å². The average Bonchev–Trinajstić information content (AvgIpc) is 3.24. The van der Waals surface area contributed by atoms with Gasteiger partial charge in [-0.25, -0.2) is 0 Å². The Balaban J connectivity index is 0.000000184. The highest BCUT2D eigenvalue weighted by molar-refractivity contribution is 6.08. The van der Waals surface area contributed by atoms with Crippen molar-refractivity contribution in [3.63, 3.8) is 0 Å². The number of hydrogen-bond acceptors (Lipinski definition) is 10. The Morgan fingerprint density at radius 1 is 0.607 bits per heavy atom. The molecule has 2 aliphatic rings. The first-order valence-electron chi connectivity index (χ1n) is 20.9. The maximum absolute atomic E-state index is 11.6. The summed E-state index contributed by atoms with van der Waals surface area (Å²) in [6.45, 7) is 12.7. The Bertz CT molecular complexity index is 2640. The van der Waals surface area contributed by atoms with Gasteiger partial charge in [0.05, 0.1) is 64.6 Å². The monoisotopic (exact) mass is 828 g/mol. The van der Waals surface area contributed by atoms with E-state index < -0.39 is 0 Å². The minimum Gasteiger partial charge on any atom is -0.507 e. The molecule has 3 N–H and O–H groups in total. The van der Waals surface area contributed by atoms with Gasteiger partial charge < -0.3 is 44.0 Å². The number of likely N-dealkylation sites (N-methyl/N-ethyl adjacent to an activating group) is 1. The summed E-state index contributed by atoms with van der Waals surface area (Å²) in [5.74, 6) is 4.84. The fraction of sp³-hybridized carbons (Fsp3) is 0.373. The Labute approximate surface area is 359 Å². The van der Waals surface area contributed by atoms with Crippen LogP contribution in [-0.4, -0.2) is 76.9 Å². The van der Waals surface area contributed by atoms with E-state index >= 15 is 0 Å². The van der Waals surface area contributed by atoms with Crippen molar-refractivity contribution in [2.75, 3.05) is 49.7 Å². The summed E-state index contributed by atoms with van der Waals surface area (Å²) in [7, 11) is 12.1. The first kappa shape index (κ1) is 43.3. The van der Waals surface area contributed by atoms with Gasteiger partial charge in [0.1, 0.15) is 46.0 Å². The minimum atomic E-state index is 0.0998. The molecule has 0 radical (unpaired) electrons. The van der Waals surface area contributed by atoms with Crippen LogP contribution in [0.3, 0.4) is 0 Å². The van der Waals surface area contributed by atoms with E-state index in [4.69, 9.17) is 28.4 Å². The van der Waals surface area contributed by atoms with Crippen LogP contribution in [0.5, 0.6) is 46.0 Å². The molecule has 4 unspecified atom stereocenters. The third-order valence-corrected chi connectivity index (χ3v) is 12.8. The van der Waals surface area contributed by atoms with Crippen LogP contribution >= 0.6 is 0 Å². The van der Waals surface area contributed by atoms with E-state index in [2.05, 4.69) is 57.1 Å². The summed E-state index contributed by atoms with van der Waals surface area (Å²) in [4.78, 5) is 2.31. The standard InChI is InChI=1S/C26H31NO4.C25H29NO4/c1-14-11-20(30-6)24-18(9-8-10-19(24)29-5)22(14)25-21(31-7)13-17-12-15(2)27(4)16(3)23(17)26(25)28;1-13-9-18-17(7-8-20(28-4)24(18)21(10-13)29-5)23-19(27)12-16-11-14(2)26-15(3)22(16)25(23)30-6/h8-11,13,15-16,28H,12H2,1-7H3;7-10,12,14-15,26-27H,11H2,1-6H3. The molecule has 0 aromatic heterocycles. The van der Waals surface area contributed by atoms with Crippen molar-refractivity contribution in [2.45, 2.75) is 78.6 Å². The number of aryl methyl sites for hydroxylation is 2. The third kappa shape index (κ3) is 7.39. The summed E-state index contributed by atoms with van der Waals surface area (Å²) in [5.41, 5.74) is 9.63. The van der Waals surface area contributed by atoms with Gasteiger partial charge in [-0.15, -0.1) is 0 Å². The van der Waals surface area contributed by atoms with Crippen molar-refractivity contribution in [1.29, 1.82) is 0 Å². The number of rotatable bonds is 8. The zero-order valence-electron chi connectivity index (χ0n) is 37.8. The normalized spacial score (nSPS) is 18.4. The molecule has 0 amide bonds. The van der Waals surface area contributed by atoms with E-state index in [1.54, 1.807) is 42.7 Å². The van der Waals surface area contributed by atoms with Gasteiger partial charge >= 0.3 is 0 Å². The Morgan fingerprint density at radius 2 is 1.23 bits per heavy atom. The molecule has 6 aromatic carbocycles. The molecule has 61 heavy (non-hydrogen) atoms. The maximum Gasteiger partial charge on any atom is 0.135 e. The zero-order chi connectivity index (χ0) is 44.0. The molecule has 8 rings (SSSR count). The average molecular weight is 829 g/mol. The summed E-state index contributed by atoms with van der Waals surface area (Å²) < 4.78 is 34.3. The summed E-state index contributed by atoms with van der Waals surface area (Å²) in [6.07, 6.45) is 1.72. The molecule has 2 heterocycles. The second-order valence-electron chi connectivity index (χ2n) is 16.5. The van der Waals surface area contributed by atoms with Crippen molar-refractivity contribution >= 4 is 21.5 Å². The SMILES string of the molecule is COc1c(-c2ccc(OC)c3c(OC)cc(C)cc23)c(O)cc2c1C(C)NC(C)C2.COc1cc2c(c(O)c1-c1c(C)cc(OC)c3c(OC)cccc13)C(C)N(C)C(C)C2. The molecule has 2 aliphatic heterocycles. The number of nitrogens with one attached hydrogen (secondary N) is 1. The van der Waals surface area contributed by atoms with Gasteiger partial charge in [-0.05, 0) is 142 Å². The zero-order valence-corrected chi connectivity index (χ0v) is 37.8. The summed E-state index contributed by atoms with van der Waals surface area (Å²) in [5, 5.41) is 30.0. The lowest BCUT2D eigenvalue weighted by molar-refractivity contribution is 0.176. The van der Waals surface area contributed by atoms with E-state index in [1.807, 2.05) is 62.4 Å². The number of phenols is 2. The quantitative estimate of drug-likeness (QED) is 0.137. The molecule has 322 valence electrons. The smallest absolute Gasteiger partial charge is 0.135 e. The second kappa shape index (κ2) is 17.3. The summed E-state index contributed by atoms with van der Waals surface area (Å²) in [6, 6.07) is 20.9. The van der Waals surface area contributed by atoms with E-state index in [9.17, 15) is 10.2 Å². The van der Waals surface area contributed by atoms with Gasteiger partial charge in [-0.1, -0.05) is 18.2 Å². The number of ether oxygens (including phenoxy) is 6. The van der Waals surface area contributed by atoms with Gasteiger partial charge in [0.25, 0.3) is 0 Å². The fourth-order valence-electron chi connectivity index (χ4n) is 9.83. The van der Waals surface area contributed by atoms with Crippen LogP contribution in [0.15, 0.2) is 60.7 Å². The number of phenolic OH excluding ortho intramolecular Hbond substituents is 2. The van der Waals surface area contributed by atoms with Gasteiger partial charge in [0, 0.05) is 40.9 Å². The minimum absolute atomic E-state index is 0.0998. The van der Waals surface area contributed by atoms with Gasteiger partial charge in [0.15, 0.2) is 0 Å². The van der Waals surface area contributed by atoms with E-state index in [0.29, 0.717) is 29.1 Å². The molecule has 0 bridgehead atoms. The number of benzene rings is 6. The molecule has 0 saturated carbocycles. The number of hydrogen-bond donors (Lipinski definition) is 3. The van der Waals surface area contributed by atoms with Crippen LogP contribution in [0, 0.1) is 13.8 Å². The molecule has 0 saturated heterocycles. The van der Waals surface area contributed by atoms with Crippen molar-refractivity contribution in [3.05, 3.63) is 94.0 Å². The van der Waals surface area contributed by atoms with Gasteiger partial charge in [-0.2, -0.15) is 0 Å². The van der Waals surface area contributed by atoms with Gasteiger partial charge in [-0.3, -0.25) is 4.90 Å². The van der Waals surface area contributed by atoms with Crippen LogP contribution < -0.4 is 33.7 Å². The third-order valence-electron chi connectivity index (χ3n) is 12.8. The predicted molar refractivity (Wildman–Crippen MR) is 245 cm³/mol. The van der Waals surface area contributed by atoms with Crippen molar-refractivity contribution in [3.8, 4) is 68.2 Å². The topological polar surface area (TPSA) is 111 Å². The lowest BCUT2D eigenvalue weighted by Gasteiger charge is -2.38. The Kier molecular flexibility index (Phi) is 12.2.